The average Bonchev–Trinajstić information content (AvgIpc) is 2.84. The number of carbonyl (C=O) groups is 1. The fraction of sp³-hybridized carbons (Fsp3) is 0.412. The molecule has 0 aliphatic carbocycles. The minimum atomic E-state index is -0.163. The van der Waals surface area contributed by atoms with Gasteiger partial charge in [-0.25, -0.2) is 0 Å². The second-order valence-corrected chi connectivity index (χ2v) is 5.97. The molecule has 1 atom stereocenters. The second kappa shape index (κ2) is 7.11. The Morgan fingerprint density at radius 3 is 2.55 bits per heavy atom. The lowest BCUT2D eigenvalue weighted by Crippen LogP contribution is -2.32. The molecule has 0 saturated heterocycles. The third-order valence-electron chi connectivity index (χ3n) is 4.04. The number of aryl methyl sites for hydroxylation is 1. The van der Waals surface area contributed by atoms with Crippen LogP contribution in [0.4, 0.5) is 5.82 Å². The van der Waals surface area contributed by atoms with Gasteiger partial charge in [0.25, 0.3) is 5.91 Å². The van der Waals surface area contributed by atoms with Gasteiger partial charge in [-0.15, -0.1) is 0 Å². The van der Waals surface area contributed by atoms with Gasteiger partial charge in [0.05, 0.1) is 6.20 Å². The highest BCUT2D eigenvalue weighted by atomic mass is 16.1. The molecule has 118 valence electrons. The van der Waals surface area contributed by atoms with Gasteiger partial charge in [0.2, 0.25) is 0 Å². The number of hydrogen-bond donors (Lipinski definition) is 2. The van der Waals surface area contributed by atoms with Gasteiger partial charge in [-0.05, 0) is 23.8 Å². The van der Waals surface area contributed by atoms with Crippen molar-refractivity contribution in [1.29, 1.82) is 0 Å². The molecule has 0 aliphatic rings. The van der Waals surface area contributed by atoms with E-state index in [1.54, 1.807) is 7.05 Å². The van der Waals surface area contributed by atoms with Gasteiger partial charge in [-0.3, -0.25) is 9.48 Å². The van der Waals surface area contributed by atoms with Crippen molar-refractivity contribution in [3.8, 4) is 0 Å². The summed E-state index contributed by atoms with van der Waals surface area (Å²) in [7, 11) is 1.72. The fourth-order valence-electron chi connectivity index (χ4n) is 2.40. The van der Waals surface area contributed by atoms with Crippen molar-refractivity contribution in [2.75, 3.05) is 12.3 Å². The largest absolute Gasteiger partial charge is 0.383 e. The quantitative estimate of drug-likeness (QED) is 0.859. The van der Waals surface area contributed by atoms with E-state index in [9.17, 15) is 4.79 Å². The van der Waals surface area contributed by atoms with Crippen LogP contribution in [-0.4, -0.2) is 22.2 Å². The molecule has 1 aromatic carbocycles. The zero-order valence-corrected chi connectivity index (χ0v) is 13.4. The summed E-state index contributed by atoms with van der Waals surface area (Å²) in [5, 5.41) is 6.98. The summed E-state index contributed by atoms with van der Waals surface area (Å²) in [6, 6.07) is 10.3. The smallest absolute Gasteiger partial charge is 0.256 e. The van der Waals surface area contributed by atoms with E-state index < -0.39 is 0 Å². The van der Waals surface area contributed by atoms with Gasteiger partial charge in [-0.1, -0.05) is 44.2 Å². The molecule has 0 fully saturated rings. The van der Waals surface area contributed by atoms with Gasteiger partial charge in [0, 0.05) is 13.6 Å². The van der Waals surface area contributed by atoms with Gasteiger partial charge >= 0.3 is 0 Å². The third kappa shape index (κ3) is 3.87. The normalized spacial score (nSPS) is 12.4. The Labute approximate surface area is 131 Å². The third-order valence-corrected chi connectivity index (χ3v) is 4.04. The summed E-state index contributed by atoms with van der Waals surface area (Å²) in [4.78, 5) is 12.2. The van der Waals surface area contributed by atoms with Crippen LogP contribution in [0.2, 0.25) is 0 Å². The summed E-state index contributed by atoms with van der Waals surface area (Å²) >= 11 is 0. The number of rotatable bonds is 6. The molecule has 0 saturated carbocycles. The number of nitrogens with one attached hydrogen (secondary N) is 1. The first-order valence-corrected chi connectivity index (χ1v) is 7.58. The molecule has 1 heterocycles. The minimum Gasteiger partial charge on any atom is -0.383 e. The van der Waals surface area contributed by atoms with E-state index in [1.807, 2.05) is 18.2 Å². The molecule has 22 heavy (non-hydrogen) atoms. The van der Waals surface area contributed by atoms with Gasteiger partial charge in [0.15, 0.2) is 0 Å². The molecule has 0 aliphatic heterocycles. The van der Waals surface area contributed by atoms with E-state index >= 15 is 0 Å². The lowest BCUT2D eigenvalue weighted by molar-refractivity contribution is 0.0944. The molecule has 5 heteroatoms. The van der Waals surface area contributed by atoms with Gasteiger partial charge in [0.1, 0.15) is 11.4 Å². The van der Waals surface area contributed by atoms with Crippen molar-refractivity contribution in [3.05, 3.63) is 47.7 Å². The highest BCUT2D eigenvalue weighted by Gasteiger charge is 2.18. The molecule has 1 aromatic heterocycles. The molecule has 0 radical (unpaired) electrons. The van der Waals surface area contributed by atoms with Crippen LogP contribution in [0.3, 0.4) is 0 Å². The Bertz CT molecular complexity index is 619. The van der Waals surface area contributed by atoms with Crippen molar-refractivity contribution >= 4 is 11.7 Å². The van der Waals surface area contributed by atoms with Gasteiger partial charge < -0.3 is 11.1 Å². The van der Waals surface area contributed by atoms with Crippen LogP contribution in [0.5, 0.6) is 0 Å². The molecule has 1 amide bonds. The number of hydrogen-bond acceptors (Lipinski definition) is 3. The number of nitrogens with zero attached hydrogens (tertiary/aromatic N) is 2. The lowest BCUT2D eigenvalue weighted by atomic mass is 9.89. The second-order valence-electron chi connectivity index (χ2n) is 5.97. The van der Waals surface area contributed by atoms with E-state index in [2.05, 4.69) is 36.4 Å². The molecule has 0 spiro atoms. The van der Waals surface area contributed by atoms with Crippen molar-refractivity contribution < 1.29 is 4.79 Å². The van der Waals surface area contributed by atoms with Crippen molar-refractivity contribution in [3.63, 3.8) is 0 Å². The Kier molecular flexibility index (Phi) is 5.20. The van der Waals surface area contributed by atoms with Crippen LogP contribution in [0.1, 0.15) is 29.8 Å². The van der Waals surface area contributed by atoms with Crippen LogP contribution in [0, 0.1) is 11.8 Å². The zero-order valence-electron chi connectivity index (χ0n) is 13.4. The van der Waals surface area contributed by atoms with Crippen LogP contribution < -0.4 is 11.1 Å². The van der Waals surface area contributed by atoms with Gasteiger partial charge in [-0.2, -0.15) is 5.10 Å². The van der Waals surface area contributed by atoms with E-state index in [1.165, 1.54) is 16.4 Å². The van der Waals surface area contributed by atoms with Crippen molar-refractivity contribution in [2.45, 2.75) is 20.3 Å². The van der Waals surface area contributed by atoms with Crippen molar-refractivity contribution in [2.24, 2.45) is 18.9 Å². The predicted octanol–water partition coefficient (Wildman–Crippen LogP) is 2.25. The minimum absolute atomic E-state index is 0.163. The molecule has 0 bridgehead atoms. The van der Waals surface area contributed by atoms with E-state index in [0.717, 1.165) is 6.42 Å². The number of nitrogens with two attached hydrogens (primary N) is 1. The fourth-order valence-corrected chi connectivity index (χ4v) is 2.40. The topological polar surface area (TPSA) is 72.9 Å². The molecule has 1 unspecified atom stereocenters. The Morgan fingerprint density at radius 2 is 2.00 bits per heavy atom. The molecular formula is C17H24N4O. The molecule has 5 nitrogen and oxygen atoms in total. The van der Waals surface area contributed by atoms with Crippen molar-refractivity contribution in [1.82, 2.24) is 15.1 Å². The predicted molar refractivity (Wildman–Crippen MR) is 88.4 cm³/mol. The maximum Gasteiger partial charge on any atom is 0.256 e. The van der Waals surface area contributed by atoms with Crippen LogP contribution >= 0.6 is 0 Å². The Morgan fingerprint density at radius 1 is 1.32 bits per heavy atom. The first-order chi connectivity index (χ1) is 10.5. The van der Waals surface area contributed by atoms with Crippen LogP contribution in [-0.2, 0) is 13.5 Å². The number of amides is 1. The molecule has 3 N–H and O–H groups in total. The number of aromatic nitrogens is 2. The van der Waals surface area contributed by atoms with E-state index in [-0.39, 0.29) is 5.91 Å². The monoisotopic (exact) mass is 300 g/mol. The summed E-state index contributed by atoms with van der Waals surface area (Å²) in [5.74, 6) is 1.09. The summed E-state index contributed by atoms with van der Waals surface area (Å²) < 4.78 is 1.50. The summed E-state index contributed by atoms with van der Waals surface area (Å²) in [6.07, 6.45) is 2.45. The maximum absolute atomic E-state index is 12.2. The molecule has 2 rings (SSSR count). The van der Waals surface area contributed by atoms with Crippen LogP contribution in [0.15, 0.2) is 36.5 Å². The lowest BCUT2D eigenvalue weighted by Gasteiger charge is -2.21. The number of benzene rings is 1. The molecule has 2 aromatic rings. The maximum atomic E-state index is 12.2. The number of nitrogen functional groups attached to an aromatic ring is 1. The van der Waals surface area contributed by atoms with Crippen LogP contribution in [0.25, 0.3) is 0 Å². The first-order valence-electron chi connectivity index (χ1n) is 7.58. The molecular weight excluding hydrogens is 276 g/mol. The Hall–Kier alpha value is -2.30. The van der Waals surface area contributed by atoms with E-state index in [0.29, 0.717) is 29.8 Å². The summed E-state index contributed by atoms with van der Waals surface area (Å²) in [5.41, 5.74) is 7.56. The number of carbonyl (C=O) groups excluding carboxylic acids is 1. The average molecular weight is 300 g/mol. The first kappa shape index (κ1) is 16.1. The van der Waals surface area contributed by atoms with E-state index in [4.69, 9.17) is 5.73 Å². The zero-order chi connectivity index (χ0) is 16.1. The number of anilines is 1. The highest BCUT2D eigenvalue weighted by Crippen LogP contribution is 2.17. The standard InChI is InChI=1S/C17H24N4O/c1-12(2)14(9-13-7-5-4-6-8-13)10-19-17(22)15-11-20-21(3)16(15)18/h4-8,11-12,14H,9-10,18H2,1-3H3,(H,19,22). The Balaban J connectivity index is 1.97. The SMILES string of the molecule is CC(C)C(CNC(=O)c1cnn(C)c1N)Cc1ccccc1. The highest BCUT2D eigenvalue weighted by molar-refractivity contribution is 5.98. The summed E-state index contributed by atoms with van der Waals surface area (Å²) in [6.45, 7) is 4.98.